The molecule has 0 fully saturated rings. The zero-order chi connectivity index (χ0) is 18.1. The minimum Gasteiger partial charge on any atom is -0.497 e. The first-order valence-electron chi connectivity index (χ1n) is 7.47. The van der Waals surface area contributed by atoms with Gasteiger partial charge < -0.3 is 19.5 Å². The fourth-order valence-electron chi connectivity index (χ4n) is 2.07. The predicted octanol–water partition coefficient (Wildman–Crippen LogP) is 3.26. The van der Waals surface area contributed by atoms with Gasteiger partial charge in [-0.3, -0.25) is 4.79 Å². The lowest BCUT2D eigenvalue weighted by atomic mass is 10.2. The molecular weight excluding hydrogens is 320 g/mol. The number of nitrogens with one attached hydrogen (secondary N) is 1. The summed E-state index contributed by atoms with van der Waals surface area (Å²) in [4.78, 5) is 12.0. The summed E-state index contributed by atoms with van der Waals surface area (Å²) >= 11 is 0. The molecule has 1 amide bonds. The highest BCUT2D eigenvalue weighted by atomic mass is 16.5. The average Bonchev–Trinajstić information content (AvgIpc) is 2.65. The van der Waals surface area contributed by atoms with E-state index in [0.29, 0.717) is 22.9 Å². The van der Waals surface area contributed by atoms with Crippen molar-refractivity contribution in [2.24, 2.45) is 0 Å². The van der Waals surface area contributed by atoms with E-state index in [4.69, 9.17) is 19.5 Å². The highest BCUT2D eigenvalue weighted by Crippen LogP contribution is 2.28. The highest BCUT2D eigenvalue weighted by Gasteiger charge is 2.05. The number of carbonyl (C=O) groups excluding carboxylic acids is 1. The van der Waals surface area contributed by atoms with Gasteiger partial charge >= 0.3 is 0 Å². The Bertz CT molecular complexity index is 809. The maximum atomic E-state index is 12.0. The van der Waals surface area contributed by atoms with Crippen molar-refractivity contribution in [2.75, 3.05) is 26.1 Å². The van der Waals surface area contributed by atoms with Gasteiger partial charge in [0, 0.05) is 17.8 Å². The van der Waals surface area contributed by atoms with Crippen molar-refractivity contribution in [1.82, 2.24) is 0 Å². The van der Waals surface area contributed by atoms with Crippen molar-refractivity contribution in [2.45, 2.75) is 0 Å². The molecule has 25 heavy (non-hydrogen) atoms. The molecular formula is C19H18N2O4. The average molecular weight is 338 g/mol. The van der Waals surface area contributed by atoms with Crippen LogP contribution in [0.1, 0.15) is 5.56 Å². The summed E-state index contributed by atoms with van der Waals surface area (Å²) in [5, 5.41) is 11.3. The summed E-state index contributed by atoms with van der Waals surface area (Å²) in [5.74, 6) is 1.36. The second-order valence-electron chi connectivity index (χ2n) is 4.91. The third kappa shape index (κ3) is 5.29. The summed E-state index contributed by atoms with van der Waals surface area (Å²) in [7, 11) is 3.08. The third-order valence-electron chi connectivity index (χ3n) is 3.24. The number of methoxy groups -OCH3 is 2. The van der Waals surface area contributed by atoms with Crippen LogP contribution < -0.4 is 19.5 Å². The zero-order valence-electron chi connectivity index (χ0n) is 14.0. The zero-order valence-corrected chi connectivity index (χ0v) is 14.0. The van der Waals surface area contributed by atoms with E-state index in [2.05, 4.69) is 5.32 Å². The molecule has 2 aromatic carbocycles. The Hall–Kier alpha value is -3.46. The molecule has 0 aromatic heterocycles. The Morgan fingerprint density at radius 3 is 2.72 bits per heavy atom. The van der Waals surface area contributed by atoms with Crippen LogP contribution in [0.15, 0.2) is 48.5 Å². The summed E-state index contributed by atoms with van der Waals surface area (Å²) in [5.41, 5.74) is 1.41. The van der Waals surface area contributed by atoms with Crippen LogP contribution in [0.4, 0.5) is 5.69 Å². The smallest absolute Gasteiger partial charge is 0.248 e. The molecule has 128 valence electrons. The maximum Gasteiger partial charge on any atom is 0.248 e. The predicted molar refractivity (Wildman–Crippen MR) is 94.8 cm³/mol. The SMILES string of the molecule is COc1cccc(NC(=O)/C=C/c2ccc(OCC#N)c(OC)c2)c1. The van der Waals surface area contributed by atoms with Gasteiger partial charge in [-0.05, 0) is 35.9 Å². The van der Waals surface area contributed by atoms with E-state index in [1.807, 2.05) is 6.07 Å². The van der Waals surface area contributed by atoms with Gasteiger partial charge in [0.2, 0.25) is 5.91 Å². The van der Waals surface area contributed by atoms with Crippen LogP contribution in [-0.2, 0) is 4.79 Å². The Morgan fingerprint density at radius 1 is 1.16 bits per heavy atom. The second kappa shape index (κ2) is 8.99. The van der Waals surface area contributed by atoms with Crippen LogP contribution in [0.3, 0.4) is 0 Å². The number of nitriles is 1. The molecule has 0 spiro atoms. The molecule has 0 aliphatic heterocycles. The van der Waals surface area contributed by atoms with E-state index < -0.39 is 0 Å². The van der Waals surface area contributed by atoms with Gasteiger partial charge in [0.05, 0.1) is 14.2 Å². The van der Waals surface area contributed by atoms with Gasteiger partial charge in [0.25, 0.3) is 0 Å². The first-order chi connectivity index (χ1) is 12.2. The van der Waals surface area contributed by atoms with Crippen molar-refractivity contribution in [3.8, 4) is 23.3 Å². The molecule has 0 saturated carbocycles. The topological polar surface area (TPSA) is 80.6 Å². The van der Waals surface area contributed by atoms with Gasteiger partial charge in [-0.15, -0.1) is 0 Å². The molecule has 6 heteroatoms. The summed E-state index contributed by atoms with van der Waals surface area (Å²) < 4.78 is 15.6. The number of ether oxygens (including phenoxy) is 3. The molecule has 0 bridgehead atoms. The quantitative estimate of drug-likeness (QED) is 0.784. The Labute approximate surface area is 146 Å². The number of anilines is 1. The van der Waals surface area contributed by atoms with Crippen LogP contribution in [0.5, 0.6) is 17.2 Å². The van der Waals surface area contributed by atoms with Crippen molar-refractivity contribution >= 4 is 17.7 Å². The van der Waals surface area contributed by atoms with Gasteiger partial charge in [-0.25, -0.2) is 0 Å². The lowest BCUT2D eigenvalue weighted by Gasteiger charge is -2.08. The van der Waals surface area contributed by atoms with Gasteiger partial charge in [0.15, 0.2) is 18.1 Å². The fourth-order valence-corrected chi connectivity index (χ4v) is 2.07. The van der Waals surface area contributed by atoms with Crippen LogP contribution in [0.25, 0.3) is 6.08 Å². The molecule has 0 aliphatic carbocycles. The van der Waals surface area contributed by atoms with Crippen LogP contribution in [0, 0.1) is 11.3 Å². The summed E-state index contributed by atoms with van der Waals surface area (Å²) in [6.07, 6.45) is 3.08. The lowest BCUT2D eigenvalue weighted by Crippen LogP contribution is -2.07. The summed E-state index contributed by atoms with van der Waals surface area (Å²) in [6, 6.07) is 14.2. The number of carbonyl (C=O) groups is 1. The normalized spacial score (nSPS) is 10.1. The minimum absolute atomic E-state index is 0.0610. The largest absolute Gasteiger partial charge is 0.497 e. The van der Waals surface area contributed by atoms with Crippen molar-refractivity contribution in [3.63, 3.8) is 0 Å². The monoisotopic (exact) mass is 338 g/mol. The second-order valence-corrected chi connectivity index (χ2v) is 4.91. The van der Waals surface area contributed by atoms with E-state index in [1.54, 1.807) is 55.7 Å². The van der Waals surface area contributed by atoms with E-state index >= 15 is 0 Å². The number of benzene rings is 2. The molecule has 1 N–H and O–H groups in total. The van der Waals surface area contributed by atoms with Crippen molar-refractivity contribution in [3.05, 3.63) is 54.1 Å². The molecule has 0 radical (unpaired) electrons. The van der Waals surface area contributed by atoms with Crippen LogP contribution >= 0.6 is 0 Å². The Morgan fingerprint density at radius 2 is 2.00 bits per heavy atom. The molecule has 0 heterocycles. The van der Waals surface area contributed by atoms with Gasteiger partial charge in [0.1, 0.15) is 11.8 Å². The lowest BCUT2D eigenvalue weighted by molar-refractivity contribution is -0.111. The van der Waals surface area contributed by atoms with E-state index in [1.165, 1.54) is 13.2 Å². The molecule has 6 nitrogen and oxygen atoms in total. The number of nitrogens with zero attached hydrogens (tertiary/aromatic N) is 1. The van der Waals surface area contributed by atoms with Crippen LogP contribution in [0.2, 0.25) is 0 Å². The maximum absolute atomic E-state index is 12.0. The van der Waals surface area contributed by atoms with Gasteiger partial charge in [-0.1, -0.05) is 12.1 Å². The Balaban J connectivity index is 2.05. The van der Waals surface area contributed by atoms with E-state index in [-0.39, 0.29) is 12.5 Å². The molecule has 2 rings (SSSR count). The van der Waals surface area contributed by atoms with Gasteiger partial charge in [-0.2, -0.15) is 5.26 Å². The molecule has 0 saturated heterocycles. The number of amides is 1. The molecule has 0 unspecified atom stereocenters. The van der Waals surface area contributed by atoms with Crippen molar-refractivity contribution in [1.29, 1.82) is 5.26 Å². The number of hydrogen-bond acceptors (Lipinski definition) is 5. The van der Waals surface area contributed by atoms with Crippen LogP contribution in [-0.4, -0.2) is 26.7 Å². The Kier molecular flexibility index (Phi) is 6.43. The summed E-state index contributed by atoms with van der Waals surface area (Å²) in [6.45, 7) is -0.0610. The first-order valence-corrected chi connectivity index (χ1v) is 7.47. The first kappa shape index (κ1) is 17.9. The molecule has 2 aromatic rings. The number of hydrogen-bond donors (Lipinski definition) is 1. The third-order valence-corrected chi connectivity index (χ3v) is 3.24. The van der Waals surface area contributed by atoms with Crippen molar-refractivity contribution < 1.29 is 19.0 Å². The standard InChI is InChI=1S/C19H18N2O4/c1-23-16-5-3-4-15(13-16)21-19(22)9-7-14-6-8-17(25-11-10-20)18(12-14)24-2/h3-9,12-13H,11H2,1-2H3,(H,21,22)/b9-7+. The molecule has 0 atom stereocenters. The van der Waals surface area contributed by atoms with E-state index in [0.717, 1.165) is 5.56 Å². The van der Waals surface area contributed by atoms with E-state index in [9.17, 15) is 4.79 Å². The number of rotatable bonds is 7. The fraction of sp³-hybridized carbons (Fsp3) is 0.158. The molecule has 0 aliphatic rings. The minimum atomic E-state index is -0.267. The highest BCUT2D eigenvalue weighted by molar-refractivity contribution is 6.02.